The molecule has 1 aliphatic heterocycles. The van der Waals surface area contributed by atoms with Gasteiger partial charge in [-0.1, -0.05) is 35.5 Å². The molecular formula is C18H19N5OS. The molecule has 3 heterocycles. The van der Waals surface area contributed by atoms with Crippen molar-refractivity contribution < 1.29 is 4.52 Å². The average Bonchev–Trinajstić information content (AvgIpc) is 3.17. The fourth-order valence-corrected chi connectivity index (χ4v) is 3.63. The van der Waals surface area contributed by atoms with Gasteiger partial charge in [-0.3, -0.25) is 0 Å². The van der Waals surface area contributed by atoms with E-state index in [2.05, 4.69) is 25.3 Å². The van der Waals surface area contributed by atoms with Crippen LogP contribution in [0, 0.1) is 0 Å². The highest BCUT2D eigenvalue weighted by Crippen LogP contribution is 2.21. The van der Waals surface area contributed by atoms with Crippen LogP contribution in [0.2, 0.25) is 0 Å². The summed E-state index contributed by atoms with van der Waals surface area (Å²) < 4.78 is 5.42. The lowest BCUT2D eigenvalue weighted by Gasteiger charge is -2.27. The Bertz CT molecular complexity index is 817. The van der Waals surface area contributed by atoms with Crippen molar-refractivity contribution in [2.75, 3.05) is 34.8 Å². The number of hydrogen-bond donors (Lipinski definition) is 1. The number of anilines is 2. The van der Waals surface area contributed by atoms with Crippen LogP contribution in [0.15, 0.2) is 53.3 Å². The maximum absolute atomic E-state index is 5.42. The Morgan fingerprint density at radius 2 is 1.92 bits per heavy atom. The van der Waals surface area contributed by atoms with Gasteiger partial charge in [0.25, 0.3) is 0 Å². The minimum Gasteiger partial charge on any atom is -0.364 e. The van der Waals surface area contributed by atoms with E-state index in [9.17, 15) is 0 Å². The number of nitrogens with zero attached hydrogens (tertiary/aromatic N) is 4. The first kappa shape index (κ1) is 16.0. The van der Waals surface area contributed by atoms with Crippen LogP contribution in [0.4, 0.5) is 11.6 Å². The lowest BCUT2D eigenvalue weighted by Crippen LogP contribution is -2.33. The summed E-state index contributed by atoms with van der Waals surface area (Å²) in [5.74, 6) is 4.84. The van der Waals surface area contributed by atoms with Gasteiger partial charge in [-0.15, -0.1) is 0 Å². The van der Waals surface area contributed by atoms with Crippen LogP contribution in [0.3, 0.4) is 0 Å². The number of thioether (sulfide) groups is 1. The van der Waals surface area contributed by atoms with Crippen molar-refractivity contribution in [3.05, 3.63) is 54.5 Å². The zero-order valence-electron chi connectivity index (χ0n) is 13.8. The van der Waals surface area contributed by atoms with Gasteiger partial charge >= 0.3 is 0 Å². The molecule has 3 aromatic rings. The van der Waals surface area contributed by atoms with E-state index >= 15 is 0 Å². The molecule has 0 unspecified atom stereocenters. The molecule has 0 bridgehead atoms. The summed E-state index contributed by atoms with van der Waals surface area (Å²) in [6, 6.07) is 13.9. The molecule has 2 aromatic heterocycles. The molecule has 1 aliphatic rings. The maximum Gasteiger partial charge on any atom is 0.167 e. The van der Waals surface area contributed by atoms with Gasteiger partial charge in [0, 0.05) is 42.3 Å². The van der Waals surface area contributed by atoms with Crippen LogP contribution in [0.1, 0.15) is 5.69 Å². The third kappa shape index (κ3) is 3.93. The van der Waals surface area contributed by atoms with Crippen molar-refractivity contribution in [3.63, 3.8) is 0 Å². The van der Waals surface area contributed by atoms with Crippen LogP contribution >= 0.6 is 11.8 Å². The Morgan fingerprint density at radius 1 is 1.08 bits per heavy atom. The Morgan fingerprint density at radius 3 is 2.76 bits per heavy atom. The third-order valence-electron chi connectivity index (χ3n) is 4.06. The molecule has 1 fully saturated rings. The first-order chi connectivity index (χ1) is 12.4. The maximum atomic E-state index is 5.42. The van der Waals surface area contributed by atoms with E-state index in [-0.39, 0.29) is 0 Å². The first-order valence-electron chi connectivity index (χ1n) is 8.28. The SMILES string of the molecule is c1ccc(-c2cc(CNc3cc(N4CCSCC4)ncn3)no2)cc1. The number of hydrogen-bond acceptors (Lipinski definition) is 7. The summed E-state index contributed by atoms with van der Waals surface area (Å²) >= 11 is 1.99. The van der Waals surface area contributed by atoms with Crippen molar-refractivity contribution in [1.29, 1.82) is 0 Å². The van der Waals surface area contributed by atoms with Crippen LogP contribution in [-0.4, -0.2) is 39.7 Å². The molecule has 128 valence electrons. The summed E-state index contributed by atoms with van der Waals surface area (Å²) in [7, 11) is 0. The molecule has 0 atom stereocenters. The van der Waals surface area contributed by atoms with Crippen LogP contribution in [-0.2, 0) is 6.54 Å². The molecular weight excluding hydrogens is 334 g/mol. The van der Waals surface area contributed by atoms with Gasteiger partial charge in [0.1, 0.15) is 23.7 Å². The van der Waals surface area contributed by atoms with E-state index in [1.54, 1.807) is 6.33 Å². The molecule has 6 nitrogen and oxygen atoms in total. The molecule has 7 heteroatoms. The van der Waals surface area contributed by atoms with Crippen LogP contribution in [0.25, 0.3) is 11.3 Å². The minimum absolute atomic E-state index is 0.558. The van der Waals surface area contributed by atoms with E-state index < -0.39 is 0 Å². The highest BCUT2D eigenvalue weighted by Gasteiger charge is 2.13. The summed E-state index contributed by atoms with van der Waals surface area (Å²) in [6.45, 7) is 2.62. The van der Waals surface area contributed by atoms with Gasteiger partial charge in [0.15, 0.2) is 5.76 Å². The topological polar surface area (TPSA) is 67.1 Å². The monoisotopic (exact) mass is 353 g/mol. The highest BCUT2D eigenvalue weighted by atomic mass is 32.2. The Balaban J connectivity index is 1.41. The second kappa shape index (κ2) is 7.57. The zero-order valence-corrected chi connectivity index (χ0v) is 14.6. The van der Waals surface area contributed by atoms with Gasteiger partial charge in [-0.25, -0.2) is 9.97 Å². The molecule has 1 aromatic carbocycles. The molecule has 0 saturated carbocycles. The minimum atomic E-state index is 0.558. The van der Waals surface area contributed by atoms with E-state index in [1.807, 2.05) is 54.2 Å². The fraction of sp³-hybridized carbons (Fsp3) is 0.278. The third-order valence-corrected chi connectivity index (χ3v) is 5.00. The summed E-state index contributed by atoms with van der Waals surface area (Å²) in [5, 5.41) is 7.43. The molecule has 0 spiro atoms. The van der Waals surface area contributed by atoms with Gasteiger partial charge in [0.2, 0.25) is 0 Å². The first-order valence-corrected chi connectivity index (χ1v) is 9.43. The molecule has 25 heavy (non-hydrogen) atoms. The molecule has 1 N–H and O–H groups in total. The molecule has 4 rings (SSSR count). The molecule has 1 saturated heterocycles. The summed E-state index contributed by atoms with van der Waals surface area (Å²) in [5.41, 5.74) is 1.86. The van der Waals surface area contributed by atoms with Crippen LogP contribution in [0.5, 0.6) is 0 Å². The van der Waals surface area contributed by atoms with Crippen molar-refractivity contribution >= 4 is 23.4 Å². The summed E-state index contributed by atoms with van der Waals surface area (Å²) in [4.78, 5) is 11.0. The van der Waals surface area contributed by atoms with Gasteiger partial charge < -0.3 is 14.7 Å². The number of nitrogens with one attached hydrogen (secondary N) is 1. The lowest BCUT2D eigenvalue weighted by atomic mass is 10.2. The average molecular weight is 353 g/mol. The van der Waals surface area contributed by atoms with E-state index in [1.165, 1.54) is 0 Å². The van der Waals surface area contributed by atoms with E-state index in [0.29, 0.717) is 6.54 Å². The largest absolute Gasteiger partial charge is 0.364 e. The van der Waals surface area contributed by atoms with Crippen molar-refractivity contribution in [1.82, 2.24) is 15.1 Å². The smallest absolute Gasteiger partial charge is 0.167 e. The number of aromatic nitrogens is 3. The summed E-state index contributed by atoms with van der Waals surface area (Å²) in [6.07, 6.45) is 1.61. The molecule has 0 amide bonds. The fourth-order valence-electron chi connectivity index (χ4n) is 2.72. The normalized spacial score (nSPS) is 14.5. The van der Waals surface area contributed by atoms with Crippen molar-refractivity contribution in [2.24, 2.45) is 0 Å². The lowest BCUT2D eigenvalue weighted by molar-refractivity contribution is 0.424. The highest BCUT2D eigenvalue weighted by molar-refractivity contribution is 7.99. The van der Waals surface area contributed by atoms with E-state index in [0.717, 1.165) is 53.2 Å². The van der Waals surface area contributed by atoms with Crippen LogP contribution < -0.4 is 10.2 Å². The van der Waals surface area contributed by atoms with Gasteiger partial charge in [0.05, 0.1) is 6.54 Å². The zero-order chi connectivity index (χ0) is 16.9. The quantitative estimate of drug-likeness (QED) is 0.755. The number of rotatable bonds is 5. The van der Waals surface area contributed by atoms with Gasteiger partial charge in [-0.2, -0.15) is 11.8 Å². The predicted molar refractivity (Wildman–Crippen MR) is 101 cm³/mol. The second-order valence-electron chi connectivity index (χ2n) is 5.76. The van der Waals surface area contributed by atoms with E-state index in [4.69, 9.17) is 4.52 Å². The Labute approximate surface area is 150 Å². The molecule has 0 radical (unpaired) electrons. The Kier molecular flexibility index (Phi) is 4.83. The van der Waals surface area contributed by atoms with Crippen molar-refractivity contribution in [2.45, 2.75) is 6.54 Å². The second-order valence-corrected chi connectivity index (χ2v) is 6.99. The predicted octanol–water partition coefficient (Wildman–Crippen LogP) is 3.30. The Hall–Kier alpha value is -2.54. The van der Waals surface area contributed by atoms with Gasteiger partial charge in [-0.05, 0) is 0 Å². The molecule has 0 aliphatic carbocycles. The van der Waals surface area contributed by atoms with Crippen molar-refractivity contribution in [3.8, 4) is 11.3 Å². The number of benzene rings is 1. The standard InChI is InChI=1S/C18H19N5OS/c1-2-4-14(5-3-1)16-10-15(22-24-16)12-19-17-11-18(21-13-20-17)23-6-8-25-9-7-23/h1-5,10-11,13H,6-9,12H2,(H,19,20,21).